The summed E-state index contributed by atoms with van der Waals surface area (Å²) in [5.74, 6) is 1.51. The van der Waals surface area contributed by atoms with Crippen molar-refractivity contribution < 1.29 is 14.4 Å². The molecule has 1 aliphatic heterocycles. The van der Waals surface area contributed by atoms with Gasteiger partial charge in [-0.1, -0.05) is 0 Å². The van der Waals surface area contributed by atoms with E-state index < -0.39 is 16.9 Å². The van der Waals surface area contributed by atoms with Crippen LogP contribution in [0.5, 0.6) is 0 Å². The molecule has 1 aliphatic rings. The summed E-state index contributed by atoms with van der Waals surface area (Å²) >= 11 is 0. The Morgan fingerprint density at radius 3 is 2.62 bits per heavy atom. The predicted octanol–water partition coefficient (Wildman–Crippen LogP) is -1.16. The van der Waals surface area contributed by atoms with Crippen LogP contribution in [0.15, 0.2) is 0 Å². The molecule has 0 radical (unpaired) electrons. The third-order valence-electron chi connectivity index (χ3n) is 2.24. The van der Waals surface area contributed by atoms with Crippen LogP contribution in [0.4, 0.5) is 0 Å². The van der Waals surface area contributed by atoms with Crippen molar-refractivity contribution in [1.29, 1.82) is 0 Å². The van der Waals surface area contributed by atoms with E-state index in [0.717, 1.165) is 24.3 Å². The normalized spacial score (nSPS) is 31.5. The molecular weight excluding hydrogens is 190 g/mol. The fraction of sp³-hybridized carbons (Fsp3) is 1.00. The third-order valence-corrected chi connectivity index (χ3v) is 3.62. The molecule has 78 valence electrons. The molecule has 1 rings (SSSR count). The van der Waals surface area contributed by atoms with Gasteiger partial charge in [0.2, 0.25) is 0 Å². The molecule has 4 nitrogen and oxygen atoms in total. The Morgan fingerprint density at radius 1 is 1.46 bits per heavy atom. The summed E-state index contributed by atoms with van der Waals surface area (Å²) in [5, 5.41) is 20.8. The van der Waals surface area contributed by atoms with Crippen LogP contribution in [-0.4, -0.2) is 51.2 Å². The van der Waals surface area contributed by atoms with Gasteiger partial charge in [-0.25, -0.2) is 0 Å². The van der Waals surface area contributed by atoms with E-state index >= 15 is 0 Å². The number of aliphatic hydroxyl groups is 2. The van der Waals surface area contributed by atoms with Gasteiger partial charge in [-0.05, 0) is 12.8 Å². The number of nitrogens with one attached hydrogen (secondary N) is 1. The summed E-state index contributed by atoms with van der Waals surface area (Å²) in [5.41, 5.74) is 0. The van der Waals surface area contributed by atoms with Crippen LogP contribution in [0.1, 0.15) is 12.8 Å². The van der Waals surface area contributed by atoms with Gasteiger partial charge in [-0.3, -0.25) is 4.21 Å². The van der Waals surface area contributed by atoms with E-state index in [2.05, 4.69) is 5.32 Å². The first-order valence-electron chi connectivity index (χ1n) is 4.59. The van der Waals surface area contributed by atoms with Crippen LogP contribution >= 0.6 is 0 Å². The van der Waals surface area contributed by atoms with Crippen LogP contribution in [-0.2, 0) is 10.8 Å². The van der Waals surface area contributed by atoms with E-state index in [0.29, 0.717) is 12.6 Å². The van der Waals surface area contributed by atoms with Crippen LogP contribution in [0, 0.1) is 0 Å². The van der Waals surface area contributed by atoms with Crippen molar-refractivity contribution in [1.82, 2.24) is 5.32 Å². The first-order valence-corrected chi connectivity index (χ1v) is 6.08. The molecule has 3 N–H and O–H groups in total. The summed E-state index contributed by atoms with van der Waals surface area (Å²) in [4.78, 5) is 0. The van der Waals surface area contributed by atoms with E-state index in [1.165, 1.54) is 0 Å². The van der Waals surface area contributed by atoms with Crippen molar-refractivity contribution in [2.75, 3.05) is 24.7 Å². The molecule has 0 aromatic rings. The number of aliphatic hydroxyl groups excluding tert-OH is 2. The van der Waals surface area contributed by atoms with Gasteiger partial charge >= 0.3 is 0 Å². The quantitative estimate of drug-likeness (QED) is 0.544. The Morgan fingerprint density at radius 2 is 2.08 bits per heavy atom. The molecule has 0 spiro atoms. The van der Waals surface area contributed by atoms with Gasteiger partial charge < -0.3 is 15.5 Å². The lowest BCUT2D eigenvalue weighted by molar-refractivity contribution is 0.0915. The Labute approximate surface area is 80.8 Å². The predicted molar refractivity (Wildman–Crippen MR) is 52.0 cm³/mol. The van der Waals surface area contributed by atoms with E-state index in [4.69, 9.17) is 10.2 Å². The van der Waals surface area contributed by atoms with Gasteiger partial charge in [0.05, 0.1) is 12.7 Å². The lowest BCUT2D eigenvalue weighted by Crippen LogP contribution is -2.40. The molecule has 1 heterocycles. The van der Waals surface area contributed by atoms with Crippen molar-refractivity contribution in [3.8, 4) is 0 Å². The Balaban J connectivity index is 2.12. The standard InChI is InChI=1S/C8H17NO3S/c10-6-8(11)5-9-7-1-3-13(12)4-2-7/h7-11H,1-6H2. The van der Waals surface area contributed by atoms with Crippen molar-refractivity contribution >= 4 is 10.8 Å². The minimum atomic E-state index is -0.674. The summed E-state index contributed by atoms with van der Waals surface area (Å²) in [6.07, 6.45) is 1.14. The van der Waals surface area contributed by atoms with Crippen LogP contribution in [0.25, 0.3) is 0 Å². The highest BCUT2D eigenvalue weighted by Crippen LogP contribution is 2.08. The fourth-order valence-electron chi connectivity index (χ4n) is 1.37. The summed E-state index contributed by atoms with van der Waals surface area (Å²) in [7, 11) is -0.629. The molecule has 1 saturated heterocycles. The van der Waals surface area contributed by atoms with Gasteiger partial charge in [-0.15, -0.1) is 0 Å². The molecule has 1 fully saturated rings. The molecule has 1 atom stereocenters. The topological polar surface area (TPSA) is 69.6 Å². The largest absolute Gasteiger partial charge is 0.394 e. The highest BCUT2D eigenvalue weighted by molar-refractivity contribution is 7.85. The second-order valence-electron chi connectivity index (χ2n) is 3.37. The maximum absolute atomic E-state index is 11.0. The maximum atomic E-state index is 11.0. The van der Waals surface area contributed by atoms with Gasteiger partial charge in [0.1, 0.15) is 0 Å². The molecule has 0 aliphatic carbocycles. The van der Waals surface area contributed by atoms with Crippen LogP contribution in [0.3, 0.4) is 0 Å². The third kappa shape index (κ3) is 4.17. The highest BCUT2D eigenvalue weighted by atomic mass is 32.2. The second kappa shape index (κ2) is 5.70. The average molecular weight is 207 g/mol. The van der Waals surface area contributed by atoms with Crippen LogP contribution < -0.4 is 5.32 Å². The highest BCUT2D eigenvalue weighted by Gasteiger charge is 2.17. The van der Waals surface area contributed by atoms with Crippen molar-refractivity contribution in [3.05, 3.63) is 0 Å². The molecule has 1 unspecified atom stereocenters. The van der Waals surface area contributed by atoms with E-state index in [9.17, 15) is 4.21 Å². The lowest BCUT2D eigenvalue weighted by atomic mass is 10.1. The van der Waals surface area contributed by atoms with Crippen molar-refractivity contribution in [2.45, 2.75) is 25.0 Å². The molecule has 5 heteroatoms. The second-order valence-corrected chi connectivity index (χ2v) is 5.06. The zero-order valence-corrected chi connectivity index (χ0v) is 8.42. The van der Waals surface area contributed by atoms with E-state index in [1.54, 1.807) is 0 Å². The summed E-state index contributed by atoms with van der Waals surface area (Å²) in [6.45, 7) is 0.222. The fourth-order valence-corrected chi connectivity index (χ4v) is 2.66. The monoisotopic (exact) mass is 207 g/mol. The molecule has 0 amide bonds. The molecule has 0 aromatic carbocycles. The smallest absolute Gasteiger partial charge is 0.0895 e. The van der Waals surface area contributed by atoms with E-state index in [-0.39, 0.29) is 6.61 Å². The van der Waals surface area contributed by atoms with Gasteiger partial charge in [-0.2, -0.15) is 0 Å². The molecule has 0 bridgehead atoms. The minimum absolute atomic E-state index is 0.203. The minimum Gasteiger partial charge on any atom is -0.394 e. The summed E-state index contributed by atoms with van der Waals surface area (Å²) < 4.78 is 11.0. The van der Waals surface area contributed by atoms with Gasteiger partial charge in [0.25, 0.3) is 0 Å². The molecule has 13 heavy (non-hydrogen) atoms. The average Bonchev–Trinajstić information content (AvgIpc) is 2.16. The zero-order chi connectivity index (χ0) is 9.68. The van der Waals surface area contributed by atoms with Crippen LogP contribution in [0.2, 0.25) is 0 Å². The number of hydrogen-bond donors (Lipinski definition) is 3. The van der Waals surface area contributed by atoms with E-state index in [1.807, 2.05) is 0 Å². The molecule has 0 aromatic heterocycles. The number of hydrogen-bond acceptors (Lipinski definition) is 4. The lowest BCUT2D eigenvalue weighted by Gasteiger charge is -2.23. The Kier molecular flexibility index (Phi) is 4.87. The Bertz CT molecular complexity index is 167. The molecular formula is C8H17NO3S. The Hall–Kier alpha value is 0.0300. The van der Waals surface area contributed by atoms with Crippen molar-refractivity contribution in [3.63, 3.8) is 0 Å². The maximum Gasteiger partial charge on any atom is 0.0895 e. The summed E-state index contributed by atoms with van der Waals surface area (Å²) in [6, 6.07) is 0.360. The SMILES string of the molecule is O=S1CCC(NCC(O)CO)CC1. The first-order chi connectivity index (χ1) is 6.22. The van der Waals surface area contributed by atoms with Crippen molar-refractivity contribution in [2.24, 2.45) is 0 Å². The first kappa shape index (κ1) is 11.1. The zero-order valence-electron chi connectivity index (χ0n) is 7.61. The number of rotatable bonds is 4. The molecule has 0 saturated carbocycles. The van der Waals surface area contributed by atoms with Gasteiger partial charge in [0.15, 0.2) is 0 Å². The van der Waals surface area contributed by atoms with Gasteiger partial charge in [0, 0.05) is 34.9 Å².